The van der Waals surface area contributed by atoms with Crippen molar-refractivity contribution in [2.75, 3.05) is 18.5 Å². The third kappa shape index (κ3) is 2.91. The molecule has 1 N–H and O–H groups in total. The molecule has 0 radical (unpaired) electrons. The molecule has 21 heavy (non-hydrogen) atoms. The van der Waals surface area contributed by atoms with Gasteiger partial charge >= 0.3 is 0 Å². The molecule has 0 aliphatic carbocycles. The minimum absolute atomic E-state index is 0.623. The molecule has 0 atom stereocenters. The summed E-state index contributed by atoms with van der Waals surface area (Å²) >= 11 is 6.26. The lowest BCUT2D eigenvalue weighted by Crippen LogP contribution is -2.22. The van der Waals surface area contributed by atoms with Gasteiger partial charge in [0.15, 0.2) is 5.79 Å². The van der Waals surface area contributed by atoms with E-state index in [2.05, 4.69) is 5.32 Å². The van der Waals surface area contributed by atoms with Gasteiger partial charge in [0, 0.05) is 11.3 Å². The molecule has 1 saturated heterocycles. The van der Waals surface area contributed by atoms with E-state index in [1.807, 2.05) is 56.3 Å². The predicted octanol–water partition coefficient (Wildman–Crippen LogP) is 4.61. The zero-order chi connectivity index (χ0) is 14.9. The molecule has 0 aromatic heterocycles. The van der Waals surface area contributed by atoms with Crippen LogP contribution in [0, 0.1) is 6.92 Å². The second-order valence-corrected chi connectivity index (χ2v) is 5.69. The molecule has 1 heterocycles. The maximum absolute atomic E-state index is 6.26. The van der Waals surface area contributed by atoms with Crippen LogP contribution >= 0.6 is 11.6 Å². The molecule has 0 amide bonds. The average molecular weight is 304 g/mol. The molecule has 0 saturated carbocycles. The van der Waals surface area contributed by atoms with E-state index in [0.717, 1.165) is 22.5 Å². The Morgan fingerprint density at radius 2 is 1.81 bits per heavy atom. The quantitative estimate of drug-likeness (QED) is 0.898. The molecule has 1 aliphatic rings. The number of benzene rings is 2. The van der Waals surface area contributed by atoms with Crippen LogP contribution in [0.4, 0.5) is 11.4 Å². The molecular formula is C17H18ClNO2. The lowest BCUT2D eigenvalue weighted by molar-refractivity contribution is -0.149. The number of aryl methyl sites for hydroxylation is 1. The monoisotopic (exact) mass is 303 g/mol. The minimum atomic E-state index is -0.660. The highest BCUT2D eigenvalue weighted by atomic mass is 35.5. The van der Waals surface area contributed by atoms with Gasteiger partial charge in [-0.2, -0.15) is 0 Å². The third-order valence-corrected chi connectivity index (χ3v) is 4.03. The predicted molar refractivity (Wildman–Crippen MR) is 85.2 cm³/mol. The van der Waals surface area contributed by atoms with Crippen molar-refractivity contribution in [2.45, 2.75) is 19.6 Å². The lowest BCUT2D eigenvalue weighted by Gasteiger charge is -2.23. The Balaban J connectivity index is 1.90. The summed E-state index contributed by atoms with van der Waals surface area (Å²) in [4.78, 5) is 0. The van der Waals surface area contributed by atoms with E-state index in [4.69, 9.17) is 21.1 Å². The zero-order valence-electron chi connectivity index (χ0n) is 12.2. The van der Waals surface area contributed by atoms with Crippen LogP contribution < -0.4 is 5.32 Å². The Morgan fingerprint density at radius 3 is 2.52 bits per heavy atom. The first-order valence-corrected chi connectivity index (χ1v) is 7.37. The summed E-state index contributed by atoms with van der Waals surface area (Å²) in [5.74, 6) is -0.660. The van der Waals surface area contributed by atoms with Gasteiger partial charge in [-0.3, -0.25) is 0 Å². The fourth-order valence-electron chi connectivity index (χ4n) is 2.50. The summed E-state index contributed by atoms with van der Waals surface area (Å²) in [6.45, 7) is 5.22. The highest BCUT2D eigenvalue weighted by molar-refractivity contribution is 6.33. The van der Waals surface area contributed by atoms with Crippen LogP contribution in [0.5, 0.6) is 0 Å². The Labute approximate surface area is 129 Å². The van der Waals surface area contributed by atoms with Crippen molar-refractivity contribution >= 4 is 23.0 Å². The van der Waals surface area contributed by atoms with Crippen molar-refractivity contribution in [3.63, 3.8) is 0 Å². The first-order chi connectivity index (χ1) is 10.1. The van der Waals surface area contributed by atoms with Crippen molar-refractivity contribution in [1.29, 1.82) is 0 Å². The summed E-state index contributed by atoms with van der Waals surface area (Å²) in [6, 6.07) is 13.9. The number of rotatable bonds is 3. The summed E-state index contributed by atoms with van der Waals surface area (Å²) in [7, 11) is 0. The summed E-state index contributed by atoms with van der Waals surface area (Å²) in [6.07, 6.45) is 0. The van der Waals surface area contributed by atoms with Crippen molar-refractivity contribution in [1.82, 2.24) is 0 Å². The molecule has 0 unspecified atom stereocenters. The average Bonchev–Trinajstić information content (AvgIpc) is 2.92. The smallest absolute Gasteiger partial charge is 0.192 e. The maximum Gasteiger partial charge on any atom is 0.192 e. The Hall–Kier alpha value is -1.55. The number of hydrogen-bond acceptors (Lipinski definition) is 3. The van der Waals surface area contributed by atoms with Crippen LogP contribution in [-0.4, -0.2) is 13.2 Å². The van der Waals surface area contributed by atoms with E-state index in [-0.39, 0.29) is 0 Å². The summed E-state index contributed by atoms with van der Waals surface area (Å²) in [5, 5.41) is 4.09. The van der Waals surface area contributed by atoms with E-state index < -0.39 is 5.79 Å². The van der Waals surface area contributed by atoms with Crippen LogP contribution in [0.1, 0.15) is 18.1 Å². The topological polar surface area (TPSA) is 30.5 Å². The standard InChI is InChI=1S/C17H18ClNO2/c1-12-5-3-8-15(18)16(12)19-14-7-4-6-13(11-14)17(2)20-9-10-21-17/h3-8,11,19H,9-10H2,1-2H3. The van der Waals surface area contributed by atoms with Crippen molar-refractivity contribution in [3.8, 4) is 0 Å². The van der Waals surface area contributed by atoms with E-state index in [9.17, 15) is 0 Å². The highest BCUT2D eigenvalue weighted by Gasteiger charge is 2.33. The third-order valence-electron chi connectivity index (χ3n) is 3.72. The van der Waals surface area contributed by atoms with Gasteiger partial charge in [0.1, 0.15) is 0 Å². The van der Waals surface area contributed by atoms with Crippen molar-refractivity contribution < 1.29 is 9.47 Å². The number of ether oxygens (including phenoxy) is 2. The van der Waals surface area contributed by atoms with Crippen LogP contribution in [0.3, 0.4) is 0 Å². The largest absolute Gasteiger partial charge is 0.354 e. The fourth-order valence-corrected chi connectivity index (χ4v) is 2.76. The van der Waals surface area contributed by atoms with Crippen LogP contribution in [0.2, 0.25) is 5.02 Å². The molecule has 110 valence electrons. The van der Waals surface area contributed by atoms with E-state index in [1.54, 1.807) is 0 Å². The second kappa shape index (κ2) is 5.68. The Morgan fingerprint density at radius 1 is 1.10 bits per heavy atom. The Bertz CT molecular complexity index is 631. The van der Waals surface area contributed by atoms with Gasteiger partial charge in [-0.1, -0.05) is 35.9 Å². The van der Waals surface area contributed by atoms with Gasteiger partial charge in [0.2, 0.25) is 0 Å². The highest BCUT2D eigenvalue weighted by Crippen LogP contribution is 2.34. The SMILES string of the molecule is Cc1cccc(Cl)c1Nc1cccc(C2(C)OCCO2)c1. The number of anilines is 2. The minimum Gasteiger partial charge on any atom is -0.354 e. The maximum atomic E-state index is 6.26. The van der Waals surface area contributed by atoms with E-state index in [0.29, 0.717) is 18.2 Å². The molecular weight excluding hydrogens is 286 g/mol. The van der Waals surface area contributed by atoms with Gasteiger partial charge in [0.05, 0.1) is 23.9 Å². The molecule has 2 aromatic carbocycles. The van der Waals surface area contributed by atoms with Gasteiger partial charge < -0.3 is 14.8 Å². The van der Waals surface area contributed by atoms with Gasteiger partial charge in [-0.15, -0.1) is 0 Å². The lowest BCUT2D eigenvalue weighted by atomic mass is 10.1. The molecule has 2 aromatic rings. The molecule has 0 spiro atoms. The first kappa shape index (κ1) is 14.4. The number of hydrogen-bond donors (Lipinski definition) is 1. The first-order valence-electron chi connectivity index (χ1n) is 6.99. The van der Waals surface area contributed by atoms with Crippen molar-refractivity contribution in [3.05, 3.63) is 58.6 Å². The van der Waals surface area contributed by atoms with Crippen LogP contribution in [-0.2, 0) is 15.3 Å². The van der Waals surface area contributed by atoms with Gasteiger partial charge in [-0.05, 0) is 37.6 Å². The second-order valence-electron chi connectivity index (χ2n) is 5.28. The number of halogens is 1. The summed E-state index contributed by atoms with van der Waals surface area (Å²) < 4.78 is 11.4. The Kier molecular flexibility index (Phi) is 3.89. The molecule has 1 fully saturated rings. The molecule has 3 rings (SSSR count). The van der Waals surface area contributed by atoms with Crippen molar-refractivity contribution in [2.24, 2.45) is 0 Å². The van der Waals surface area contributed by atoms with Crippen LogP contribution in [0.25, 0.3) is 0 Å². The van der Waals surface area contributed by atoms with Gasteiger partial charge in [-0.25, -0.2) is 0 Å². The van der Waals surface area contributed by atoms with E-state index in [1.165, 1.54) is 0 Å². The summed E-state index contributed by atoms with van der Waals surface area (Å²) in [5.41, 5.74) is 3.99. The molecule has 0 bridgehead atoms. The zero-order valence-corrected chi connectivity index (χ0v) is 12.9. The van der Waals surface area contributed by atoms with Crippen LogP contribution in [0.15, 0.2) is 42.5 Å². The number of para-hydroxylation sites is 1. The number of nitrogens with one attached hydrogen (secondary N) is 1. The normalized spacial score (nSPS) is 16.9. The molecule has 1 aliphatic heterocycles. The van der Waals surface area contributed by atoms with E-state index >= 15 is 0 Å². The fraction of sp³-hybridized carbons (Fsp3) is 0.294. The molecule has 3 nitrogen and oxygen atoms in total. The molecule has 4 heteroatoms. The van der Waals surface area contributed by atoms with Gasteiger partial charge in [0.25, 0.3) is 0 Å².